The van der Waals surface area contributed by atoms with E-state index in [-0.39, 0.29) is 36.4 Å². The number of H-pyrrole nitrogens is 1. The Morgan fingerprint density at radius 1 is 1.15 bits per heavy atom. The van der Waals surface area contributed by atoms with Crippen molar-refractivity contribution in [2.75, 3.05) is 6.54 Å². The lowest BCUT2D eigenvalue weighted by molar-refractivity contribution is -0.137. The lowest BCUT2D eigenvalue weighted by atomic mass is 10.1. The van der Waals surface area contributed by atoms with E-state index in [1.165, 1.54) is 46.0 Å². The van der Waals surface area contributed by atoms with Crippen LogP contribution in [0.15, 0.2) is 58.5 Å². The van der Waals surface area contributed by atoms with Crippen molar-refractivity contribution >= 4 is 16.9 Å². The second kappa shape index (κ2) is 8.68. The zero-order valence-electron chi connectivity index (χ0n) is 16.8. The number of carbonyl (C=O) groups is 1. The van der Waals surface area contributed by atoms with E-state index in [9.17, 15) is 27.6 Å². The molecule has 0 saturated carbocycles. The van der Waals surface area contributed by atoms with Gasteiger partial charge < -0.3 is 5.32 Å². The van der Waals surface area contributed by atoms with Crippen LogP contribution in [0, 0.1) is 0 Å². The number of fused-ring (bicyclic) bond motifs is 1. The van der Waals surface area contributed by atoms with Crippen molar-refractivity contribution in [3.05, 3.63) is 86.5 Å². The Morgan fingerprint density at radius 2 is 1.97 bits per heavy atom. The van der Waals surface area contributed by atoms with E-state index >= 15 is 0 Å². The molecule has 33 heavy (non-hydrogen) atoms. The molecule has 10 nitrogen and oxygen atoms in total. The van der Waals surface area contributed by atoms with Crippen LogP contribution in [-0.4, -0.2) is 42.0 Å². The first-order valence-corrected chi connectivity index (χ1v) is 9.63. The topological polar surface area (TPSA) is 128 Å². The zero-order valence-corrected chi connectivity index (χ0v) is 16.8. The van der Waals surface area contributed by atoms with Gasteiger partial charge in [0, 0.05) is 12.6 Å². The van der Waals surface area contributed by atoms with E-state index in [0.717, 1.165) is 12.1 Å². The molecule has 1 amide bonds. The first-order valence-electron chi connectivity index (χ1n) is 9.63. The molecule has 0 fully saturated rings. The predicted molar refractivity (Wildman–Crippen MR) is 110 cm³/mol. The summed E-state index contributed by atoms with van der Waals surface area (Å²) in [7, 11) is 0. The van der Waals surface area contributed by atoms with Crippen LogP contribution in [0.5, 0.6) is 0 Å². The Balaban J connectivity index is 1.47. The summed E-state index contributed by atoms with van der Waals surface area (Å²) in [6.07, 6.45) is -1.92. The molecular formula is C20H16F3N7O3. The minimum atomic E-state index is -4.48. The molecule has 0 bridgehead atoms. The van der Waals surface area contributed by atoms with Crippen molar-refractivity contribution in [2.24, 2.45) is 0 Å². The minimum Gasteiger partial charge on any atom is -0.349 e. The summed E-state index contributed by atoms with van der Waals surface area (Å²) < 4.78 is 41.4. The van der Waals surface area contributed by atoms with E-state index < -0.39 is 28.8 Å². The maximum atomic E-state index is 12.9. The molecular weight excluding hydrogens is 443 g/mol. The molecule has 3 heterocycles. The van der Waals surface area contributed by atoms with Crippen molar-refractivity contribution in [1.29, 1.82) is 0 Å². The van der Waals surface area contributed by atoms with Crippen molar-refractivity contribution in [1.82, 2.24) is 34.8 Å². The van der Waals surface area contributed by atoms with E-state index in [4.69, 9.17) is 0 Å². The molecule has 0 aliphatic carbocycles. The van der Waals surface area contributed by atoms with Crippen molar-refractivity contribution < 1.29 is 18.0 Å². The average Bonchev–Trinajstić information content (AvgIpc) is 3.19. The van der Waals surface area contributed by atoms with Gasteiger partial charge in [-0.3, -0.25) is 19.0 Å². The van der Waals surface area contributed by atoms with Crippen LogP contribution in [0.2, 0.25) is 0 Å². The Kier molecular flexibility index (Phi) is 5.77. The van der Waals surface area contributed by atoms with Gasteiger partial charge in [0.05, 0.1) is 24.8 Å². The summed E-state index contributed by atoms with van der Waals surface area (Å²) in [4.78, 5) is 40.0. The highest BCUT2D eigenvalue weighted by atomic mass is 19.4. The third-order valence-corrected chi connectivity index (χ3v) is 4.75. The Hall–Kier alpha value is -4.29. The smallest absolute Gasteiger partial charge is 0.349 e. The fraction of sp³-hybridized carbons (Fsp3) is 0.200. The largest absolute Gasteiger partial charge is 0.416 e. The van der Waals surface area contributed by atoms with Gasteiger partial charge in [-0.25, -0.2) is 14.8 Å². The number of halogens is 3. The second-order valence-corrected chi connectivity index (χ2v) is 7.04. The summed E-state index contributed by atoms with van der Waals surface area (Å²) in [5.74, 6) is -0.501. The molecule has 0 saturated heterocycles. The lowest BCUT2D eigenvalue weighted by Gasteiger charge is -2.10. The van der Waals surface area contributed by atoms with Crippen LogP contribution in [0.25, 0.3) is 11.0 Å². The molecule has 170 valence electrons. The number of hydrogen-bond acceptors (Lipinski definition) is 6. The normalized spacial score (nSPS) is 11.6. The fourth-order valence-electron chi connectivity index (χ4n) is 3.15. The van der Waals surface area contributed by atoms with Crippen molar-refractivity contribution in [3.63, 3.8) is 0 Å². The minimum absolute atomic E-state index is 0.0375. The van der Waals surface area contributed by atoms with E-state index in [0.29, 0.717) is 5.56 Å². The van der Waals surface area contributed by atoms with Gasteiger partial charge in [-0.1, -0.05) is 12.1 Å². The quantitative estimate of drug-likeness (QED) is 0.446. The number of aromatic amines is 1. The summed E-state index contributed by atoms with van der Waals surface area (Å²) >= 11 is 0. The van der Waals surface area contributed by atoms with Crippen LogP contribution in [0.4, 0.5) is 13.2 Å². The van der Waals surface area contributed by atoms with Crippen LogP contribution in [0.1, 0.15) is 21.6 Å². The van der Waals surface area contributed by atoms with E-state index in [2.05, 4.69) is 25.6 Å². The van der Waals surface area contributed by atoms with Gasteiger partial charge in [0.25, 0.3) is 17.0 Å². The zero-order chi connectivity index (χ0) is 23.6. The molecule has 0 spiro atoms. The van der Waals surface area contributed by atoms with Gasteiger partial charge in [0.1, 0.15) is 17.4 Å². The summed E-state index contributed by atoms with van der Waals surface area (Å²) in [6, 6.07) is 7.19. The number of rotatable bonds is 6. The van der Waals surface area contributed by atoms with Crippen molar-refractivity contribution in [2.45, 2.75) is 19.3 Å². The van der Waals surface area contributed by atoms with Gasteiger partial charge in [0.2, 0.25) is 0 Å². The highest BCUT2D eigenvalue weighted by Gasteiger charge is 2.30. The van der Waals surface area contributed by atoms with Gasteiger partial charge in [-0.05, 0) is 23.8 Å². The van der Waals surface area contributed by atoms with Crippen LogP contribution < -0.4 is 16.4 Å². The van der Waals surface area contributed by atoms with Gasteiger partial charge >= 0.3 is 6.18 Å². The fourth-order valence-corrected chi connectivity index (χ4v) is 3.15. The lowest BCUT2D eigenvalue weighted by Crippen LogP contribution is -2.29. The third kappa shape index (κ3) is 4.81. The molecule has 0 aliphatic rings. The Morgan fingerprint density at radius 3 is 2.70 bits per heavy atom. The van der Waals surface area contributed by atoms with Crippen molar-refractivity contribution in [3.8, 4) is 0 Å². The molecule has 13 heteroatoms. The van der Waals surface area contributed by atoms with Gasteiger partial charge in [-0.15, -0.1) is 0 Å². The number of nitrogens with one attached hydrogen (secondary N) is 2. The van der Waals surface area contributed by atoms with Crippen LogP contribution >= 0.6 is 0 Å². The van der Waals surface area contributed by atoms with E-state index in [1.54, 1.807) is 0 Å². The monoisotopic (exact) mass is 459 g/mol. The molecule has 3 aromatic heterocycles. The third-order valence-electron chi connectivity index (χ3n) is 4.75. The second-order valence-electron chi connectivity index (χ2n) is 7.04. The maximum absolute atomic E-state index is 12.9. The Bertz CT molecular complexity index is 1420. The highest BCUT2D eigenvalue weighted by molar-refractivity contribution is 5.91. The van der Waals surface area contributed by atoms with E-state index in [1.807, 2.05) is 0 Å². The van der Waals surface area contributed by atoms with Crippen LogP contribution in [0.3, 0.4) is 0 Å². The first-order chi connectivity index (χ1) is 15.7. The number of aromatic nitrogens is 6. The Labute approximate surface area is 182 Å². The van der Waals surface area contributed by atoms with Gasteiger partial charge in [-0.2, -0.15) is 23.4 Å². The number of nitrogens with zero attached hydrogens (tertiary/aromatic N) is 5. The van der Waals surface area contributed by atoms with Gasteiger partial charge in [0.15, 0.2) is 5.65 Å². The molecule has 0 atom stereocenters. The molecule has 0 aliphatic heterocycles. The molecule has 4 aromatic rings. The summed E-state index contributed by atoms with van der Waals surface area (Å²) in [5.41, 5.74) is -1.07. The van der Waals surface area contributed by atoms with Crippen LogP contribution in [-0.2, 0) is 19.3 Å². The SMILES string of the molecule is O=C(NCCn1ncc2c(=O)n(Cc3cccc(C(F)(F)F)c3)cnc21)c1ccc(=O)[nH]n1. The standard InChI is InChI=1S/C20H16F3N7O3/c21-20(22,23)13-3-1-2-12(8-13)10-29-11-25-17-14(19(29)33)9-26-30(17)7-6-24-18(32)15-4-5-16(31)28-27-15/h1-5,8-9,11H,6-7,10H2,(H,24,32)(H,28,31). The number of benzene rings is 1. The highest BCUT2D eigenvalue weighted by Crippen LogP contribution is 2.29. The number of alkyl halides is 3. The number of hydrogen-bond donors (Lipinski definition) is 2. The first kappa shape index (κ1) is 21.9. The number of carbonyl (C=O) groups excluding carboxylic acids is 1. The molecule has 0 unspecified atom stereocenters. The molecule has 4 rings (SSSR count). The molecule has 2 N–H and O–H groups in total. The predicted octanol–water partition coefficient (Wildman–Crippen LogP) is 1.17. The summed E-state index contributed by atoms with van der Waals surface area (Å²) in [6.45, 7) is 0.257. The summed E-state index contributed by atoms with van der Waals surface area (Å²) in [5, 5.41) is 12.7. The average molecular weight is 459 g/mol. The maximum Gasteiger partial charge on any atom is 0.416 e. The molecule has 1 aromatic carbocycles. The molecule has 0 radical (unpaired) electrons. The number of amides is 1.